The van der Waals surface area contributed by atoms with Crippen molar-refractivity contribution in [3.8, 4) is 6.07 Å². The zero-order valence-electron chi connectivity index (χ0n) is 19.5. The standard InChI is InChI=1S/C25H28N6O4/c1-35-15-5-13-30(14-12-21(32)28-20-10-8-18(16-26)9-11-20)22-23(27)31(25(34)29-24(22)33)17-19-6-3-2-4-7-19/h2-4,6-11H,5,12-15,17,27H2,1H3,(H,28,32)(H,29,33,34). The fourth-order valence-electron chi connectivity index (χ4n) is 3.63. The Balaban J connectivity index is 1.82. The second-order valence-corrected chi connectivity index (χ2v) is 7.89. The van der Waals surface area contributed by atoms with Crippen LogP contribution < -0.4 is 27.2 Å². The maximum atomic E-state index is 12.8. The van der Waals surface area contributed by atoms with Gasteiger partial charge in [0.1, 0.15) is 11.5 Å². The third-order valence-corrected chi connectivity index (χ3v) is 5.40. The molecular formula is C25H28N6O4. The molecule has 0 spiro atoms. The molecular weight excluding hydrogens is 448 g/mol. The molecule has 0 bridgehead atoms. The van der Waals surface area contributed by atoms with Crippen molar-refractivity contribution in [1.29, 1.82) is 5.26 Å². The molecule has 4 N–H and O–H groups in total. The number of aromatic nitrogens is 2. The van der Waals surface area contributed by atoms with Crippen LogP contribution in [-0.2, 0) is 16.1 Å². The van der Waals surface area contributed by atoms with E-state index in [1.807, 2.05) is 36.4 Å². The topological polar surface area (TPSA) is 146 Å². The molecule has 35 heavy (non-hydrogen) atoms. The molecule has 3 aromatic rings. The van der Waals surface area contributed by atoms with E-state index in [1.54, 1.807) is 36.3 Å². The lowest BCUT2D eigenvalue weighted by molar-refractivity contribution is -0.116. The fourth-order valence-corrected chi connectivity index (χ4v) is 3.63. The number of anilines is 3. The van der Waals surface area contributed by atoms with Gasteiger partial charge in [-0.05, 0) is 36.2 Å². The highest BCUT2D eigenvalue weighted by atomic mass is 16.5. The summed E-state index contributed by atoms with van der Waals surface area (Å²) < 4.78 is 6.44. The van der Waals surface area contributed by atoms with Crippen LogP contribution in [0.3, 0.4) is 0 Å². The quantitative estimate of drug-likeness (QED) is 0.358. The number of nitrogens with one attached hydrogen (secondary N) is 2. The van der Waals surface area contributed by atoms with Gasteiger partial charge in [-0.2, -0.15) is 5.26 Å². The summed E-state index contributed by atoms with van der Waals surface area (Å²) in [6, 6.07) is 17.8. The number of methoxy groups -OCH3 is 1. The van der Waals surface area contributed by atoms with Crippen LogP contribution in [0.5, 0.6) is 0 Å². The number of aromatic amines is 1. The third-order valence-electron chi connectivity index (χ3n) is 5.40. The number of hydrogen-bond acceptors (Lipinski definition) is 7. The maximum absolute atomic E-state index is 12.8. The molecule has 0 fully saturated rings. The molecule has 2 aromatic carbocycles. The Labute approximate surface area is 202 Å². The molecule has 0 aliphatic rings. The van der Waals surface area contributed by atoms with E-state index in [2.05, 4.69) is 10.3 Å². The smallest absolute Gasteiger partial charge is 0.330 e. The van der Waals surface area contributed by atoms with Gasteiger partial charge in [-0.25, -0.2) is 4.79 Å². The van der Waals surface area contributed by atoms with Crippen molar-refractivity contribution < 1.29 is 9.53 Å². The molecule has 1 amide bonds. The first-order chi connectivity index (χ1) is 16.9. The first-order valence-corrected chi connectivity index (χ1v) is 11.1. The number of nitrogens with zero attached hydrogens (tertiary/aromatic N) is 3. The number of hydrogen-bond donors (Lipinski definition) is 3. The molecule has 0 unspecified atom stereocenters. The molecule has 10 nitrogen and oxygen atoms in total. The maximum Gasteiger partial charge on any atom is 0.330 e. The molecule has 0 aliphatic heterocycles. The van der Waals surface area contributed by atoms with Crippen molar-refractivity contribution in [2.45, 2.75) is 19.4 Å². The molecule has 3 rings (SSSR count). The van der Waals surface area contributed by atoms with Gasteiger partial charge in [-0.15, -0.1) is 0 Å². The summed E-state index contributed by atoms with van der Waals surface area (Å²) in [5.41, 5.74) is 7.18. The van der Waals surface area contributed by atoms with Gasteiger partial charge in [-0.1, -0.05) is 30.3 Å². The minimum Gasteiger partial charge on any atom is -0.385 e. The third kappa shape index (κ3) is 6.82. The number of amides is 1. The van der Waals surface area contributed by atoms with Gasteiger partial charge in [0.2, 0.25) is 5.91 Å². The van der Waals surface area contributed by atoms with Crippen molar-refractivity contribution in [3.05, 3.63) is 86.6 Å². The zero-order valence-corrected chi connectivity index (χ0v) is 19.5. The molecule has 0 radical (unpaired) electrons. The fraction of sp³-hybridized carbons (Fsp3) is 0.280. The van der Waals surface area contributed by atoms with Crippen LogP contribution in [0, 0.1) is 11.3 Å². The van der Waals surface area contributed by atoms with Crippen LogP contribution in [0.25, 0.3) is 0 Å². The Morgan fingerprint density at radius 3 is 2.51 bits per heavy atom. The van der Waals surface area contributed by atoms with Crippen LogP contribution in [0.2, 0.25) is 0 Å². The van der Waals surface area contributed by atoms with Gasteiger partial charge < -0.3 is 20.7 Å². The summed E-state index contributed by atoms with van der Waals surface area (Å²) in [5, 5.41) is 11.7. The summed E-state index contributed by atoms with van der Waals surface area (Å²) in [5.74, 6) is -0.230. The Hall–Kier alpha value is -4.36. The van der Waals surface area contributed by atoms with Crippen molar-refractivity contribution >= 4 is 23.1 Å². The van der Waals surface area contributed by atoms with Gasteiger partial charge in [0, 0.05) is 38.9 Å². The van der Waals surface area contributed by atoms with E-state index in [9.17, 15) is 14.4 Å². The second kappa shape index (κ2) is 12.2. The highest BCUT2D eigenvalue weighted by Gasteiger charge is 2.20. The van der Waals surface area contributed by atoms with E-state index in [0.717, 1.165) is 5.56 Å². The number of H-pyrrole nitrogens is 1. The van der Waals surface area contributed by atoms with E-state index in [-0.39, 0.29) is 36.9 Å². The van der Waals surface area contributed by atoms with Crippen LogP contribution >= 0.6 is 0 Å². The Morgan fingerprint density at radius 1 is 1.14 bits per heavy atom. The summed E-state index contributed by atoms with van der Waals surface area (Å²) in [4.78, 5) is 41.9. The summed E-state index contributed by atoms with van der Waals surface area (Å²) in [6.45, 7) is 1.24. The van der Waals surface area contributed by atoms with Crippen LogP contribution in [-0.4, -0.2) is 42.3 Å². The number of ether oxygens (including phenoxy) is 1. The zero-order chi connectivity index (χ0) is 25.2. The Bertz CT molecular complexity index is 1290. The second-order valence-electron chi connectivity index (χ2n) is 7.89. The highest BCUT2D eigenvalue weighted by molar-refractivity contribution is 5.91. The van der Waals surface area contributed by atoms with E-state index in [0.29, 0.717) is 30.8 Å². The number of carbonyl (C=O) groups excluding carboxylic acids is 1. The number of nitriles is 1. The number of benzene rings is 2. The van der Waals surface area contributed by atoms with E-state index in [4.69, 9.17) is 15.7 Å². The number of rotatable bonds is 11. The van der Waals surface area contributed by atoms with Crippen LogP contribution in [0.1, 0.15) is 24.0 Å². The van der Waals surface area contributed by atoms with Gasteiger partial charge in [0.15, 0.2) is 0 Å². The lowest BCUT2D eigenvalue weighted by atomic mass is 10.2. The van der Waals surface area contributed by atoms with E-state index in [1.165, 1.54) is 4.57 Å². The van der Waals surface area contributed by atoms with Crippen LogP contribution in [0.15, 0.2) is 64.2 Å². The number of nitrogens with two attached hydrogens (primary N) is 1. The lowest BCUT2D eigenvalue weighted by Crippen LogP contribution is -2.40. The van der Waals surface area contributed by atoms with E-state index >= 15 is 0 Å². The van der Waals surface area contributed by atoms with Gasteiger partial charge >= 0.3 is 5.69 Å². The molecule has 1 aromatic heterocycles. The monoisotopic (exact) mass is 476 g/mol. The first-order valence-electron chi connectivity index (χ1n) is 11.1. The number of nitrogen functional groups attached to an aromatic ring is 1. The molecule has 0 atom stereocenters. The highest BCUT2D eigenvalue weighted by Crippen LogP contribution is 2.19. The van der Waals surface area contributed by atoms with E-state index < -0.39 is 11.2 Å². The summed E-state index contributed by atoms with van der Waals surface area (Å²) in [6.07, 6.45) is 0.661. The minimum absolute atomic E-state index is 0.0347. The SMILES string of the molecule is COCCCN(CCC(=O)Nc1ccc(C#N)cc1)c1c(N)n(Cc2ccccc2)c(=O)[nH]c1=O. The molecule has 1 heterocycles. The van der Waals surface area contributed by atoms with Crippen molar-refractivity contribution in [2.75, 3.05) is 42.8 Å². The van der Waals surface area contributed by atoms with Crippen molar-refractivity contribution in [2.24, 2.45) is 0 Å². The average Bonchev–Trinajstić information content (AvgIpc) is 2.86. The van der Waals surface area contributed by atoms with Gasteiger partial charge in [0.05, 0.1) is 18.2 Å². The lowest BCUT2D eigenvalue weighted by Gasteiger charge is -2.26. The molecule has 182 valence electrons. The molecule has 0 saturated carbocycles. The Morgan fingerprint density at radius 2 is 1.86 bits per heavy atom. The number of carbonyl (C=O) groups is 1. The molecule has 0 saturated heterocycles. The summed E-state index contributed by atoms with van der Waals surface area (Å²) in [7, 11) is 1.58. The van der Waals surface area contributed by atoms with Crippen LogP contribution in [0.4, 0.5) is 17.2 Å². The predicted octanol–water partition coefficient (Wildman–Crippen LogP) is 1.91. The van der Waals surface area contributed by atoms with Gasteiger partial charge in [-0.3, -0.25) is 19.1 Å². The summed E-state index contributed by atoms with van der Waals surface area (Å²) >= 11 is 0. The van der Waals surface area contributed by atoms with Crippen molar-refractivity contribution in [1.82, 2.24) is 9.55 Å². The molecule has 10 heteroatoms. The normalized spacial score (nSPS) is 10.5. The molecule has 0 aliphatic carbocycles. The minimum atomic E-state index is -0.610. The first kappa shape index (κ1) is 25.3. The Kier molecular flexibility index (Phi) is 8.81. The van der Waals surface area contributed by atoms with Crippen molar-refractivity contribution in [3.63, 3.8) is 0 Å². The predicted molar refractivity (Wildman–Crippen MR) is 134 cm³/mol. The average molecular weight is 477 g/mol. The largest absolute Gasteiger partial charge is 0.385 e. The van der Waals surface area contributed by atoms with Gasteiger partial charge in [0.25, 0.3) is 5.56 Å².